The van der Waals surface area contributed by atoms with Crippen molar-refractivity contribution in [2.75, 3.05) is 5.73 Å². The minimum Gasteiger partial charge on any atom is -0.384 e. The number of anilines is 1. The lowest BCUT2D eigenvalue weighted by Gasteiger charge is -2.09. The van der Waals surface area contributed by atoms with E-state index in [2.05, 4.69) is 4.98 Å². The zero-order chi connectivity index (χ0) is 16.7. The number of aryl methyl sites for hydroxylation is 1. The summed E-state index contributed by atoms with van der Waals surface area (Å²) in [5, 5.41) is 2.59. The molecule has 23 heavy (non-hydrogen) atoms. The minimum atomic E-state index is -0.453. The Balaban J connectivity index is 2.17. The molecule has 0 saturated heterocycles. The van der Waals surface area contributed by atoms with Gasteiger partial charge in [0.1, 0.15) is 16.4 Å². The Morgan fingerprint density at radius 2 is 1.74 bits per heavy atom. The van der Waals surface area contributed by atoms with E-state index in [0.29, 0.717) is 5.69 Å². The van der Waals surface area contributed by atoms with Crippen LogP contribution in [0, 0.1) is 6.92 Å². The SMILES string of the molecule is Cc1ccc(-c2nc(-c3c(N)n(C)c(=O)n(C)c3=O)cs2)cc1. The highest BCUT2D eigenvalue weighted by molar-refractivity contribution is 7.13. The van der Waals surface area contributed by atoms with Gasteiger partial charge in [-0.15, -0.1) is 11.3 Å². The molecule has 3 rings (SSSR count). The molecule has 0 amide bonds. The summed E-state index contributed by atoms with van der Waals surface area (Å²) in [6.45, 7) is 2.02. The number of nitrogen functional groups attached to an aromatic ring is 1. The lowest BCUT2D eigenvalue weighted by atomic mass is 10.1. The molecule has 0 bridgehead atoms. The summed E-state index contributed by atoms with van der Waals surface area (Å²) in [5.74, 6) is 0.124. The second-order valence-electron chi connectivity index (χ2n) is 5.37. The highest BCUT2D eigenvalue weighted by Gasteiger charge is 2.18. The molecular weight excluding hydrogens is 312 g/mol. The van der Waals surface area contributed by atoms with Crippen LogP contribution in [0.15, 0.2) is 39.2 Å². The Hall–Kier alpha value is -2.67. The number of benzene rings is 1. The van der Waals surface area contributed by atoms with Crippen LogP contribution < -0.4 is 17.0 Å². The third-order valence-electron chi connectivity index (χ3n) is 3.77. The second kappa shape index (κ2) is 5.51. The number of nitrogens with zero attached hydrogens (tertiary/aromatic N) is 3. The van der Waals surface area contributed by atoms with Crippen molar-refractivity contribution < 1.29 is 0 Å². The Labute approximate surface area is 136 Å². The number of rotatable bonds is 2. The summed E-state index contributed by atoms with van der Waals surface area (Å²) in [7, 11) is 2.97. The van der Waals surface area contributed by atoms with Gasteiger partial charge in [-0.05, 0) is 6.92 Å². The summed E-state index contributed by atoms with van der Waals surface area (Å²) in [6, 6.07) is 7.99. The summed E-state index contributed by atoms with van der Waals surface area (Å²) < 4.78 is 2.29. The molecule has 118 valence electrons. The molecule has 0 spiro atoms. The molecule has 0 aliphatic heterocycles. The zero-order valence-electron chi connectivity index (χ0n) is 13.0. The molecule has 0 unspecified atom stereocenters. The van der Waals surface area contributed by atoms with E-state index in [-0.39, 0.29) is 11.4 Å². The van der Waals surface area contributed by atoms with E-state index in [4.69, 9.17) is 5.73 Å². The molecule has 2 aromatic heterocycles. The first kappa shape index (κ1) is 15.2. The molecule has 2 N–H and O–H groups in total. The lowest BCUT2D eigenvalue weighted by molar-refractivity contribution is 0.696. The van der Waals surface area contributed by atoms with Crippen molar-refractivity contribution in [2.24, 2.45) is 14.1 Å². The van der Waals surface area contributed by atoms with Gasteiger partial charge in [0.25, 0.3) is 5.56 Å². The van der Waals surface area contributed by atoms with Crippen molar-refractivity contribution in [1.82, 2.24) is 14.1 Å². The van der Waals surface area contributed by atoms with Crippen molar-refractivity contribution in [2.45, 2.75) is 6.92 Å². The molecular formula is C16H16N4O2S. The van der Waals surface area contributed by atoms with Gasteiger partial charge >= 0.3 is 5.69 Å². The molecule has 0 atom stereocenters. The predicted molar refractivity (Wildman–Crippen MR) is 92.6 cm³/mol. The van der Waals surface area contributed by atoms with Gasteiger partial charge in [0.2, 0.25) is 0 Å². The van der Waals surface area contributed by atoms with E-state index in [1.165, 1.54) is 35.6 Å². The van der Waals surface area contributed by atoms with E-state index in [0.717, 1.165) is 15.1 Å². The fraction of sp³-hybridized carbons (Fsp3) is 0.188. The topological polar surface area (TPSA) is 82.9 Å². The molecule has 6 nitrogen and oxygen atoms in total. The Morgan fingerprint density at radius 1 is 1.09 bits per heavy atom. The molecule has 1 aromatic carbocycles. The predicted octanol–water partition coefficient (Wildman–Crippen LogP) is 1.77. The van der Waals surface area contributed by atoms with Gasteiger partial charge in [-0.25, -0.2) is 9.78 Å². The van der Waals surface area contributed by atoms with Gasteiger partial charge in [-0.1, -0.05) is 29.8 Å². The first-order valence-electron chi connectivity index (χ1n) is 6.98. The minimum absolute atomic E-state index is 0.124. The summed E-state index contributed by atoms with van der Waals surface area (Å²) >= 11 is 1.43. The molecule has 0 fully saturated rings. The third-order valence-corrected chi connectivity index (χ3v) is 4.66. The van der Waals surface area contributed by atoms with Gasteiger partial charge < -0.3 is 5.73 Å². The Kier molecular flexibility index (Phi) is 3.65. The molecule has 7 heteroatoms. The van der Waals surface area contributed by atoms with Crippen LogP contribution >= 0.6 is 11.3 Å². The summed E-state index contributed by atoms with van der Waals surface area (Å²) in [6.07, 6.45) is 0. The Morgan fingerprint density at radius 3 is 2.39 bits per heavy atom. The van der Waals surface area contributed by atoms with Crippen LogP contribution in [-0.4, -0.2) is 14.1 Å². The van der Waals surface area contributed by atoms with Crippen molar-refractivity contribution in [3.63, 3.8) is 0 Å². The fourth-order valence-corrected chi connectivity index (χ4v) is 3.13. The highest BCUT2D eigenvalue weighted by Crippen LogP contribution is 2.29. The van der Waals surface area contributed by atoms with Gasteiger partial charge in [-0.2, -0.15) is 0 Å². The molecule has 0 saturated carbocycles. The van der Waals surface area contributed by atoms with Gasteiger partial charge in [0, 0.05) is 25.0 Å². The monoisotopic (exact) mass is 328 g/mol. The lowest BCUT2D eigenvalue weighted by Crippen LogP contribution is -2.39. The van der Waals surface area contributed by atoms with Crippen LogP contribution in [0.1, 0.15) is 5.56 Å². The quantitative estimate of drug-likeness (QED) is 0.777. The maximum atomic E-state index is 12.4. The van der Waals surface area contributed by atoms with Gasteiger partial charge in [0.05, 0.1) is 5.69 Å². The standard InChI is InChI=1S/C16H16N4O2S/c1-9-4-6-10(7-5-9)14-18-11(8-23-14)12-13(17)19(2)16(22)20(3)15(12)21/h4-8H,17H2,1-3H3. The van der Waals surface area contributed by atoms with Crippen LogP contribution in [-0.2, 0) is 14.1 Å². The first-order chi connectivity index (χ1) is 10.9. The molecule has 0 aliphatic carbocycles. The van der Waals surface area contributed by atoms with Crippen molar-refractivity contribution >= 4 is 17.2 Å². The van der Waals surface area contributed by atoms with Crippen LogP contribution in [0.2, 0.25) is 0 Å². The van der Waals surface area contributed by atoms with Crippen LogP contribution in [0.5, 0.6) is 0 Å². The van der Waals surface area contributed by atoms with Crippen molar-refractivity contribution in [3.8, 4) is 21.8 Å². The van der Waals surface area contributed by atoms with Crippen LogP contribution in [0.4, 0.5) is 5.82 Å². The average molecular weight is 328 g/mol. The molecule has 0 aliphatic rings. The van der Waals surface area contributed by atoms with Crippen molar-refractivity contribution in [1.29, 1.82) is 0 Å². The zero-order valence-corrected chi connectivity index (χ0v) is 13.8. The number of thiazole rings is 1. The normalized spacial score (nSPS) is 10.9. The molecule has 0 radical (unpaired) electrons. The van der Waals surface area contributed by atoms with E-state index in [9.17, 15) is 9.59 Å². The van der Waals surface area contributed by atoms with E-state index < -0.39 is 11.2 Å². The van der Waals surface area contributed by atoms with E-state index >= 15 is 0 Å². The summed E-state index contributed by atoms with van der Waals surface area (Å²) in [5.41, 5.74) is 7.96. The van der Waals surface area contributed by atoms with E-state index in [1.54, 1.807) is 5.38 Å². The summed E-state index contributed by atoms with van der Waals surface area (Å²) in [4.78, 5) is 28.8. The molecule has 3 aromatic rings. The highest BCUT2D eigenvalue weighted by atomic mass is 32.1. The second-order valence-corrected chi connectivity index (χ2v) is 6.23. The Bertz CT molecular complexity index is 996. The van der Waals surface area contributed by atoms with Crippen LogP contribution in [0.25, 0.3) is 21.8 Å². The number of nitrogens with two attached hydrogens (primary N) is 1. The smallest absolute Gasteiger partial charge is 0.332 e. The maximum Gasteiger partial charge on any atom is 0.332 e. The third kappa shape index (κ3) is 2.49. The first-order valence-corrected chi connectivity index (χ1v) is 7.86. The number of hydrogen-bond acceptors (Lipinski definition) is 5. The van der Waals surface area contributed by atoms with Gasteiger partial charge in [0.15, 0.2) is 0 Å². The molecule has 2 heterocycles. The number of aromatic nitrogens is 3. The van der Waals surface area contributed by atoms with E-state index in [1.807, 2.05) is 31.2 Å². The number of hydrogen-bond donors (Lipinski definition) is 1. The van der Waals surface area contributed by atoms with Gasteiger partial charge in [-0.3, -0.25) is 13.9 Å². The largest absolute Gasteiger partial charge is 0.384 e. The maximum absolute atomic E-state index is 12.4. The average Bonchev–Trinajstić information content (AvgIpc) is 3.01. The fourth-order valence-electron chi connectivity index (χ4n) is 2.32. The van der Waals surface area contributed by atoms with Crippen LogP contribution in [0.3, 0.4) is 0 Å². The van der Waals surface area contributed by atoms with Crippen molar-refractivity contribution in [3.05, 3.63) is 56.0 Å².